The van der Waals surface area contributed by atoms with E-state index < -0.39 is 0 Å². The Kier molecular flexibility index (Phi) is 5.36. The molecule has 1 unspecified atom stereocenters. The van der Waals surface area contributed by atoms with Crippen LogP contribution in [-0.4, -0.2) is 23.8 Å². The van der Waals surface area contributed by atoms with E-state index in [2.05, 4.69) is 10.6 Å². The van der Waals surface area contributed by atoms with Crippen molar-refractivity contribution in [1.82, 2.24) is 10.6 Å². The van der Waals surface area contributed by atoms with Crippen LogP contribution in [0.25, 0.3) is 0 Å². The van der Waals surface area contributed by atoms with Gasteiger partial charge in [-0.05, 0) is 18.9 Å². The Morgan fingerprint density at radius 2 is 2.00 bits per heavy atom. The van der Waals surface area contributed by atoms with Crippen molar-refractivity contribution in [2.45, 2.75) is 26.0 Å². The first-order chi connectivity index (χ1) is 7.68. The van der Waals surface area contributed by atoms with Gasteiger partial charge in [0.1, 0.15) is 0 Å². The highest BCUT2D eigenvalue weighted by Crippen LogP contribution is 1.96. The van der Waals surface area contributed by atoms with Crippen molar-refractivity contribution < 1.29 is 9.90 Å². The average Bonchev–Trinajstić information content (AvgIpc) is 2.27. The Bertz CT molecular complexity index is 312. The third kappa shape index (κ3) is 5.36. The Morgan fingerprint density at radius 1 is 1.31 bits per heavy atom. The zero-order chi connectivity index (χ0) is 11.8. The van der Waals surface area contributed by atoms with Crippen LogP contribution >= 0.6 is 0 Å². The van der Waals surface area contributed by atoms with Crippen LogP contribution in [0.1, 0.15) is 18.9 Å². The predicted octanol–water partition coefficient (Wildman–Crippen LogP) is 1.26. The van der Waals surface area contributed by atoms with Crippen molar-refractivity contribution in [1.29, 1.82) is 0 Å². The van der Waals surface area contributed by atoms with Crippen molar-refractivity contribution in [3.8, 4) is 0 Å². The normalized spacial score (nSPS) is 11.9. The van der Waals surface area contributed by atoms with Gasteiger partial charge in [0.05, 0.1) is 6.10 Å². The minimum atomic E-state index is -0.380. The number of rotatable bonds is 5. The number of carbonyl (C=O) groups is 1. The molecule has 16 heavy (non-hydrogen) atoms. The number of hydrogen-bond acceptors (Lipinski definition) is 2. The van der Waals surface area contributed by atoms with Crippen LogP contribution in [0.3, 0.4) is 0 Å². The average molecular weight is 222 g/mol. The molecule has 0 saturated heterocycles. The molecule has 0 radical (unpaired) electrons. The Morgan fingerprint density at radius 3 is 2.62 bits per heavy atom. The van der Waals surface area contributed by atoms with Gasteiger partial charge in [0, 0.05) is 13.1 Å². The standard InChI is InChI=1S/C12H18N2O2/c1-10(15)7-8-13-12(16)14-9-11-5-3-2-4-6-11/h2-6,10,15H,7-9H2,1H3,(H2,13,14,16). The summed E-state index contributed by atoms with van der Waals surface area (Å²) in [5.41, 5.74) is 1.06. The first-order valence-corrected chi connectivity index (χ1v) is 5.42. The maximum Gasteiger partial charge on any atom is 0.315 e. The zero-order valence-electron chi connectivity index (χ0n) is 9.44. The van der Waals surface area contributed by atoms with Gasteiger partial charge in [0.25, 0.3) is 0 Å². The summed E-state index contributed by atoms with van der Waals surface area (Å²) >= 11 is 0. The molecule has 0 aliphatic carbocycles. The summed E-state index contributed by atoms with van der Waals surface area (Å²) in [6.45, 7) is 2.70. The van der Waals surface area contributed by atoms with Crippen molar-refractivity contribution in [3.05, 3.63) is 35.9 Å². The van der Waals surface area contributed by atoms with E-state index in [1.807, 2.05) is 30.3 Å². The van der Waals surface area contributed by atoms with Crippen LogP contribution in [0.5, 0.6) is 0 Å². The second kappa shape index (κ2) is 6.85. The Balaban J connectivity index is 2.16. The van der Waals surface area contributed by atoms with Gasteiger partial charge in [-0.1, -0.05) is 30.3 Å². The summed E-state index contributed by atoms with van der Waals surface area (Å²) < 4.78 is 0. The van der Waals surface area contributed by atoms with Crippen LogP contribution in [-0.2, 0) is 6.54 Å². The Hall–Kier alpha value is -1.55. The van der Waals surface area contributed by atoms with Gasteiger partial charge in [-0.25, -0.2) is 4.79 Å². The van der Waals surface area contributed by atoms with Gasteiger partial charge >= 0.3 is 6.03 Å². The summed E-state index contributed by atoms with van der Waals surface area (Å²) in [5.74, 6) is 0. The number of nitrogens with one attached hydrogen (secondary N) is 2. The minimum Gasteiger partial charge on any atom is -0.393 e. The first-order valence-electron chi connectivity index (χ1n) is 5.42. The number of aliphatic hydroxyl groups excluding tert-OH is 1. The maximum atomic E-state index is 11.3. The van der Waals surface area contributed by atoms with Crippen LogP contribution in [0.2, 0.25) is 0 Å². The van der Waals surface area contributed by atoms with E-state index in [-0.39, 0.29) is 12.1 Å². The fourth-order valence-corrected chi connectivity index (χ4v) is 1.24. The number of hydrogen-bond donors (Lipinski definition) is 3. The van der Waals surface area contributed by atoms with E-state index in [1.54, 1.807) is 6.92 Å². The number of amides is 2. The highest BCUT2D eigenvalue weighted by atomic mass is 16.3. The van der Waals surface area contributed by atoms with Crippen molar-refractivity contribution in [2.75, 3.05) is 6.54 Å². The number of aliphatic hydroxyl groups is 1. The molecule has 0 aliphatic rings. The molecule has 2 amide bonds. The molecule has 1 aromatic rings. The summed E-state index contributed by atoms with van der Waals surface area (Å²) in [4.78, 5) is 11.3. The number of carbonyl (C=O) groups excluding carboxylic acids is 1. The van der Waals surface area contributed by atoms with E-state index in [0.717, 1.165) is 5.56 Å². The van der Waals surface area contributed by atoms with Crippen LogP contribution in [0.15, 0.2) is 30.3 Å². The van der Waals surface area contributed by atoms with Gasteiger partial charge in [0.15, 0.2) is 0 Å². The van der Waals surface area contributed by atoms with Gasteiger partial charge in [0.2, 0.25) is 0 Å². The second-order valence-corrected chi connectivity index (χ2v) is 3.73. The lowest BCUT2D eigenvalue weighted by atomic mass is 10.2. The molecular formula is C12H18N2O2. The second-order valence-electron chi connectivity index (χ2n) is 3.73. The Labute approximate surface area is 95.7 Å². The smallest absolute Gasteiger partial charge is 0.315 e. The number of urea groups is 1. The van der Waals surface area contributed by atoms with E-state index in [4.69, 9.17) is 5.11 Å². The fraction of sp³-hybridized carbons (Fsp3) is 0.417. The van der Waals surface area contributed by atoms with E-state index in [9.17, 15) is 4.79 Å². The lowest BCUT2D eigenvalue weighted by Crippen LogP contribution is -2.36. The third-order valence-corrected chi connectivity index (χ3v) is 2.14. The molecule has 3 N–H and O–H groups in total. The molecule has 1 aromatic carbocycles. The summed E-state index contributed by atoms with van der Waals surface area (Å²) in [5, 5.41) is 14.4. The van der Waals surface area contributed by atoms with Gasteiger partial charge in [-0.3, -0.25) is 0 Å². The van der Waals surface area contributed by atoms with Crippen molar-refractivity contribution in [3.63, 3.8) is 0 Å². The third-order valence-electron chi connectivity index (χ3n) is 2.14. The van der Waals surface area contributed by atoms with Crippen LogP contribution in [0.4, 0.5) is 4.79 Å². The molecule has 0 bridgehead atoms. The maximum absolute atomic E-state index is 11.3. The van der Waals surface area contributed by atoms with E-state index in [0.29, 0.717) is 19.5 Å². The summed E-state index contributed by atoms with van der Waals surface area (Å²) in [6, 6.07) is 9.51. The lowest BCUT2D eigenvalue weighted by Gasteiger charge is -2.08. The van der Waals surface area contributed by atoms with Crippen molar-refractivity contribution >= 4 is 6.03 Å². The highest BCUT2D eigenvalue weighted by Gasteiger charge is 2.00. The molecule has 0 heterocycles. The van der Waals surface area contributed by atoms with Crippen molar-refractivity contribution in [2.24, 2.45) is 0 Å². The van der Waals surface area contributed by atoms with E-state index >= 15 is 0 Å². The van der Waals surface area contributed by atoms with E-state index in [1.165, 1.54) is 0 Å². The molecule has 1 atom stereocenters. The topological polar surface area (TPSA) is 61.4 Å². The molecule has 0 spiro atoms. The molecule has 1 rings (SSSR count). The van der Waals surface area contributed by atoms with Gasteiger partial charge in [-0.15, -0.1) is 0 Å². The summed E-state index contributed by atoms with van der Waals surface area (Å²) in [6.07, 6.45) is 0.188. The fourth-order valence-electron chi connectivity index (χ4n) is 1.24. The molecule has 0 aliphatic heterocycles. The zero-order valence-corrected chi connectivity index (χ0v) is 9.44. The largest absolute Gasteiger partial charge is 0.393 e. The van der Waals surface area contributed by atoms with Crippen LogP contribution < -0.4 is 10.6 Å². The molecule has 4 nitrogen and oxygen atoms in total. The lowest BCUT2D eigenvalue weighted by molar-refractivity contribution is 0.183. The monoisotopic (exact) mass is 222 g/mol. The summed E-state index contributed by atoms with van der Waals surface area (Å²) in [7, 11) is 0. The van der Waals surface area contributed by atoms with Gasteiger partial charge in [-0.2, -0.15) is 0 Å². The highest BCUT2D eigenvalue weighted by molar-refractivity contribution is 5.73. The number of benzene rings is 1. The molecule has 0 saturated carbocycles. The molecule has 0 fully saturated rings. The molecular weight excluding hydrogens is 204 g/mol. The molecule has 0 aromatic heterocycles. The van der Waals surface area contributed by atoms with Crippen LogP contribution in [0, 0.1) is 0 Å². The quantitative estimate of drug-likeness (QED) is 0.702. The predicted molar refractivity (Wildman–Crippen MR) is 63.0 cm³/mol. The molecule has 88 valence electrons. The SMILES string of the molecule is CC(O)CCNC(=O)NCc1ccccc1. The first kappa shape index (κ1) is 12.5. The molecule has 4 heteroatoms. The van der Waals surface area contributed by atoms with Gasteiger partial charge < -0.3 is 15.7 Å². The minimum absolute atomic E-state index is 0.204.